The van der Waals surface area contributed by atoms with Gasteiger partial charge in [0.1, 0.15) is 0 Å². The van der Waals surface area contributed by atoms with Crippen LogP contribution < -0.4 is 15.5 Å². The molecule has 13 aromatic rings. The molecule has 336 valence electrons. The Morgan fingerprint density at radius 2 is 0.620 bits per heavy atom. The zero-order chi connectivity index (χ0) is 47.3. The van der Waals surface area contributed by atoms with Gasteiger partial charge in [0.05, 0.1) is 22.1 Å². The van der Waals surface area contributed by atoms with Crippen molar-refractivity contribution >= 4 is 83.4 Å². The standard InChI is InChI=1S/C66H47N5/c67-61-39-21-34-54(55-35-19-36-56-59-44-52(40-42-62(59)70(65(55)56)50-30-15-5-16-31-50)68(46-22-7-1-8-23-46)47-24-9-2-10-25-47)64(61)58-38-20-37-57-60-45-53(41-43-63(60)71(66(57)58)51-32-17-6-18-33-51)69(48-26-11-3-12-27-48)49-28-13-4-14-29-49/h1-45H,67H2. The fourth-order valence-corrected chi connectivity index (χ4v) is 10.8. The topological polar surface area (TPSA) is 42.4 Å². The number of fused-ring (bicyclic) bond motifs is 6. The van der Waals surface area contributed by atoms with Crippen LogP contribution in [0.15, 0.2) is 273 Å². The first-order valence-electron chi connectivity index (χ1n) is 24.1. The Morgan fingerprint density at radius 3 is 1.04 bits per heavy atom. The molecule has 0 aliphatic rings. The number of rotatable bonds is 10. The van der Waals surface area contributed by atoms with Gasteiger partial charge >= 0.3 is 0 Å². The largest absolute Gasteiger partial charge is 0.398 e. The molecular formula is C66H47N5. The highest BCUT2D eigenvalue weighted by Crippen LogP contribution is 2.48. The SMILES string of the molecule is Nc1cccc(-c2cccc3c4cc(N(c5ccccc5)c5ccccc5)ccc4n(-c4ccccc4)c23)c1-c1cccc2c3cc(N(c4ccccc4)c4ccccc4)ccc3n(-c3ccccc3)c12. The van der Waals surface area contributed by atoms with Crippen LogP contribution in [-0.2, 0) is 0 Å². The number of para-hydroxylation sites is 8. The van der Waals surface area contributed by atoms with Gasteiger partial charge in [0, 0.05) is 89.4 Å². The van der Waals surface area contributed by atoms with Gasteiger partial charge in [0.25, 0.3) is 0 Å². The maximum absolute atomic E-state index is 7.36. The number of benzene rings is 11. The molecule has 0 amide bonds. The van der Waals surface area contributed by atoms with Gasteiger partial charge in [-0.3, -0.25) is 0 Å². The van der Waals surface area contributed by atoms with Gasteiger partial charge in [-0.25, -0.2) is 0 Å². The van der Waals surface area contributed by atoms with E-state index in [1.54, 1.807) is 0 Å². The lowest BCUT2D eigenvalue weighted by atomic mass is 9.90. The van der Waals surface area contributed by atoms with Crippen molar-refractivity contribution in [2.45, 2.75) is 0 Å². The minimum absolute atomic E-state index is 0.711. The van der Waals surface area contributed by atoms with E-state index < -0.39 is 0 Å². The minimum Gasteiger partial charge on any atom is -0.398 e. The van der Waals surface area contributed by atoms with Crippen molar-refractivity contribution < 1.29 is 0 Å². The average molecular weight is 910 g/mol. The molecule has 5 nitrogen and oxygen atoms in total. The van der Waals surface area contributed by atoms with E-state index in [1.165, 1.54) is 0 Å². The van der Waals surface area contributed by atoms with Crippen molar-refractivity contribution in [1.29, 1.82) is 0 Å². The zero-order valence-electron chi connectivity index (χ0n) is 38.8. The Hall–Kier alpha value is -9.58. The molecule has 2 heterocycles. The van der Waals surface area contributed by atoms with Gasteiger partial charge in [-0.15, -0.1) is 0 Å². The fraction of sp³-hybridized carbons (Fsp3) is 0. The van der Waals surface area contributed by atoms with Crippen molar-refractivity contribution in [3.8, 4) is 33.6 Å². The molecule has 5 heteroatoms. The molecule has 71 heavy (non-hydrogen) atoms. The second-order valence-electron chi connectivity index (χ2n) is 17.9. The van der Waals surface area contributed by atoms with Crippen molar-refractivity contribution in [2.75, 3.05) is 15.5 Å². The maximum Gasteiger partial charge on any atom is 0.0620 e. The first-order chi connectivity index (χ1) is 35.2. The van der Waals surface area contributed by atoms with Crippen LogP contribution in [0.25, 0.3) is 77.2 Å². The molecule has 0 radical (unpaired) electrons. The van der Waals surface area contributed by atoms with Gasteiger partial charge in [0.2, 0.25) is 0 Å². The molecule has 0 unspecified atom stereocenters. The predicted molar refractivity (Wildman–Crippen MR) is 300 cm³/mol. The van der Waals surface area contributed by atoms with Crippen molar-refractivity contribution in [2.24, 2.45) is 0 Å². The fourth-order valence-electron chi connectivity index (χ4n) is 10.8. The van der Waals surface area contributed by atoms with Crippen LogP contribution in [-0.4, -0.2) is 9.13 Å². The van der Waals surface area contributed by atoms with Crippen molar-refractivity contribution in [3.63, 3.8) is 0 Å². The normalized spacial score (nSPS) is 11.4. The van der Waals surface area contributed by atoms with Gasteiger partial charge in [0.15, 0.2) is 0 Å². The van der Waals surface area contributed by atoms with E-state index >= 15 is 0 Å². The number of aromatic nitrogens is 2. The molecule has 11 aromatic carbocycles. The molecular weight excluding hydrogens is 863 g/mol. The molecule has 0 aliphatic carbocycles. The molecule has 2 aromatic heterocycles. The van der Waals surface area contributed by atoms with E-state index in [0.29, 0.717) is 5.69 Å². The minimum atomic E-state index is 0.711. The van der Waals surface area contributed by atoms with Gasteiger partial charge in [-0.1, -0.05) is 158 Å². The average Bonchev–Trinajstić information content (AvgIpc) is 3.96. The first-order valence-corrected chi connectivity index (χ1v) is 24.1. The van der Waals surface area contributed by atoms with Gasteiger partial charge in [-0.05, 0) is 121 Å². The Bertz CT molecular complexity index is 3960. The van der Waals surface area contributed by atoms with E-state index in [1.807, 2.05) is 6.07 Å². The molecule has 0 saturated carbocycles. The van der Waals surface area contributed by atoms with Crippen LogP contribution in [0.4, 0.5) is 39.8 Å². The van der Waals surface area contributed by atoms with E-state index in [9.17, 15) is 0 Å². The molecule has 0 spiro atoms. The van der Waals surface area contributed by atoms with Crippen molar-refractivity contribution in [3.05, 3.63) is 273 Å². The third-order valence-corrected chi connectivity index (χ3v) is 13.8. The summed E-state index contributed by atoms with van der Waals surface area (Å²) < 4.78 is 4.85. The van der Waals surface area contributed by atoms with Crippen LogP contribution in [0.3, 0.4) is 0 Å². The molecule has 0 bridgehead atoms. The zero-order valence-corrected chi connectivity index (χ0v) is 38.8. The third kappa shape index (κ3) is 7.10. The predicted octanol–water partition coefficient (Wildman–Crippen LogP) is 17.7. The third-order valence-electron chi connectivity index (χ3n) is 13.8. The van der Waals surface area contributed by atoms with E-state index in [2.05, 4.69) is 286 Å². The van der Waals surface area contributed by atoms with Gasteiger partial charge in [-0.2, -0.15) is 0 Å². The summed E-state index contributed by atoms with van der Waals surface area (Å²) in [5, 5.41) is 4.61. The number of hydrogen-bond donors (Lipinski definition) is 1. The lowest BCUT2D eigenvalue weighted by molar-refractivity contribution is 1.18. The number of hydrogen-bond acceptors (Lipinski definition) is 3. The van der Waals surface area contributed by atoms with Crippen LogP contribution in [0.2, 0.25) is 0 Å². The van der Waals surface area contributed by atoms with Crippen LogP contribution >= 0.6 is 0 Å². The summed E-state index contributed by atoms with van der Waals surface area (Å²) in [4.78, 5) is 4.67. The highest BCUT2D eigenvalue weighted by Gasteiger charge is 2.25. The van der Waals surface area contributed by atoms with Crippen LogP contribution in [0, 0.1) is 0 Å². The summed E-state index contributed by atoms with van der Waals surface area (Å²) in [6, 6.07) is 97.5. The Labute approximate surface area is 412 Å². The van der Waals surface area contributed by atoms with E-state index in [-0.39, 0.29) is 0 Å². The molecule has 0 atom stereocenters. The number of nitrogens with two attached hydrogens (primary N) is 1. The van der Waals surface area contributed by atoms with Crippen molar-refractivity contribution in [1.82, 2.24) is 9.13 Å². The number of anilines is 7. The number of nitrogens with zero attached hydrogens (tertiary/aromatic N) is 4. The maximum atomic E-state index is 7.36. The molecule has 0 saturated heterocycles. The molecule has 0 fully saturated rings. The van der Waals surface area contributed by atoms with Crippen LogP contribution in [0.1, 0.15) is 0 Å². The Kier molecular flexibility index (Phi) is 10.3. The summed E-state index contributed by atoms with van der Waals surface area (Å²) in [5.41, 5.74) is 25.4. The summed E-state index contributed by atoms with van der Waals surface area (Å²) in [6.45, 7) is 0. The van der Waals surface area contributed by atoms with E-state index in [4.69, 9.17) is 5.73 Å². The summed E-state index contributed by atoms with van der Waals surface area (Å²) in [6.07, 6.45) is 0. The summed E-state index contributed by atoms with van der Waals surface area (Å²) in [5.74, 6) is 0. The molecule has 13 rings (SSSR count). The monoisotopic (exact) mass is 909 g/mol. The first kappa shape index (κ1) is 41.6. The highest BCUT2D eigenvalue weighted by molar-refractivity contribution is 6.19. The lowest BCUT2D eigenvalue weighted by Gasteiger charge is -2.25. The molecule has 0 aliphatic heterocycles. The second-order valence-corrected chi connectivity index (χ2v) is 17.9. The lowest BCUT2D eigenvalue weighted by Crippen LogP contribution is -2.09. The Morgan fingerprint density at radius 1 is 0.268 bits per heavy atom. The summed E-state index contributed by atoms with van der Waals surface area (Å²) >= 11 is 0. The summed E-state index contributed by atoms with van der Waals surface area (Å²) in [7, 11) is 0. The van der Waals surface area contributed by atoms with Crippen LogP contribution in [0.5, 0.6) is 0 Å². The Balaban J connectivity index is 1.07. The van der Waals surface area contributed by atoms with Gasteiger partial charge < -0.3 is 24.7 Å². The number of nitrogen functional groups attached to an aromatic ring is 1. The second kappa shape index (κ2) is 17.5. The van der Waals surface area contributed by atoms with E-state index in [0.717, 1.165) is 111 Å². The smallest absolute Gasteiger partial charge is 0.0620 e. The highest BCUT2D eigenvalue weighted by atomic mass is 15.1. The molecule has 2 N–H and O–H groups in total. The quantitative estimate of drug-likeness (QED) is 0.139.